The molecule has 7 heteroatoms. The van der Waals surface area contributed by atoms with E-state index in [0.29, 0.717) is 6.54 Å². The Balaban J connectivity index is 2.14. The van der Waals surface area contributed by atoms with Gasteiger partial charge >= 0.3 is 0 Å². The van der Waals surface area contributed by atoms with E-state index in [0.717, 1.165) is 10.0 Å². The van der Waals surface area contributed by atoms with Gasteiger partial charge < -0.3 is 5.32 Å². The third-order valence-corrected chi connectivity index (χ3v) is 3.74. The van der Waals surface area contributed by atoms with Crippen LogP contribution in [0.25, 0.3) is 0 Å². The predicted molar refractivity (Wildman–Crippen MR) is 83.4 cm³/mol. The maximum atomic E-state index is 12.0. The average molecular weight is 370 g/mol. The third-order valence-electron chi connectivity index (χ3n) is 2.75. The number of rotatable bonds is 4. The van der Waals surface area contributed by atoms with Gasteiger partial charge in [-0.15, -0.1) is 0 Å². The molecule has 2 aromatic carbocycles. The molecule has 0 atom stereocenters. The van der Waals surface area contributed by atoms with E-state index in [1.165, 1.54) is 18.2 Å². The number of nitro benzene ring substituents is 1. The van der Waals surface area contributed by atoms with Crippen molar-refractivity contribution in [2.45, 2.75) is 6.54 Å². The van der Waals surface area contributed by atoms with Crippen molar-refractivity contribution in [3.8, 4) is 0 Å². The molecule has 0 saturated heterocycles. The van der Waals surface area contributed by atoms with E-state index >= 15 is 0 Å². The smallest absolute Gasteiger partial charge is 0.271 e. The van der Waals surface area contributed by atoms with Gasteiger partial charge in [0.25, 0.3) is 11.6 Å². The van der Waals surface area contributed by atoms with Crippen molar-refractivity contribution in [3.63, 3.8) is 0 Å². The summed E-state index contributed by atoms with van der Waals surface area (Å²) in [6.07, 6.45) is 0. The van der Waals surface area contributed by atoms with Crippen molar-refractivity contribution < 1.29 is 9.72 Å². The molecule has 0 heterocycles. The van der Waals surface area contributed by atoms with Crippen LogP contribution in [0.5, 0.6) is 0 Å². The van der Waals surface area contributed by atoms with Crippen molar-refractivity contribution in [2.75, 3.05) is 0 Å². The fourth-order valence-electron chi connectivity index (χ4n) is 1.73. The molecule has 0 aliphatic carbocycles. The summed E-state index contributed by atoms with van der Waals surface area (Å²) < 4.78 is 0.877. The summed E-state index contributed by atoms with van der Waals surface area (Å²) in [5.41, 5.74) is 0.845. The molecule has 0 saturated carbocycles. The zero-order chi connectivity index (χ0) is 15.4. The van der Waals surface area contributed by atoms with Crippen LogP contribution in [0.2, 0.25) is 5.02 Å². The van der Waals surface area contributed by atoms with Gasteiger partial charge in [-0.05, 0) is 17.7 Å². The highest BCUT2D eigenvalue weighted by molar-refractivity contribution is 9.10. The molecule has 108 valence electrons. The van der Waals surface area contributed by atoms with Crippen molar-refractivity contribution in [1.82, 2.24) is 5.32 Å². The Bertz CT molecular complexity index is 706. The summed E-state index contributed by atoms with van der Waals surface area (Å²) >= 11 is 9.17. The van der Waals surface area contributed by atoms with Gasteiger partial charge in [-0.2, -0.15) is 0 Å². The van der Waals surface area contributed by atoms with Gasteiger partial charge in [0.05, 0.1) is 4.92 Å². The molecule has 0 aliphatic heterocycles. The molecule has 0 spiro atoms. The molecule has 0 unspecified atom stereocenters. The SMILES string of the molecule is O=C(NCc1ccccc1Br)c1cc(Cl)cc([N+](=O)[O-])c1. The number of hydrogen-bond acceptors (Lipinski definition) is 3. The predicted octanol–water partition coefficient (Wildman–Crippen LogP) is 3.94. The molecule has 1 N–H and O–H groups in total. The van der Waals surface area contributed by atoms with E-state index in [-0.39, 0.29) is 16.3 Å². The zero-order valence-electron chi connectivity index (χ0n) is 10.7. The Morgan fingerprint density at radius 1 is 1.29 bits per heavy atom. The van der Waals surface area contributed by atoms with Crippen LogP contribution in [-0.2, 0) is 6.54 Å². The van der Waals surface area contributed by atoms with Gasteiger partial charge in [0.1, 0.15) is 0 Å². The summed E-state index contributed by atoms with van der Waals surface area (Å²) in [5, 5.41) is 13.6. The third kappa shape index (κ3) is 4.03. The van der Waals surface area contributed by atoms with Crippen LogP contribution in [0.4, 0.5) is 5.69 Å². The van der Waals surface area contributed by atoms with E-state index in [1.807, 2.05) is 24.3 Å². The van der Waals surface area contributed by atoms with Crippen LogP contribution in [0.3, 0.4) is 0 Å². The summed E-state index contributed by atoms with van der Waals surface area (Å²) in [5.74, 6) is -0.420. The summed E-state index contributed by atoms with van der Waals surface area (Å²) in [4.78, 5) is 22.2. The minimum absolute atomic E-state index is 0.148. The van der Waals surface area contributed by atoms with E-state index in [9.17, 15) is 14.9 Å². The molecule has 0 fully saturated rings. The first kappa shape index (κ1) is 15.5. The van der Waals surface area contributed by atoms with Gasteiger partial charge in [0, 0.05) is 33.7 Å². The number of non-ortho nitro benzene ring substituents is 1. The molecule has 0 bridgehead atoms. The van der Waals surface area contributed by atoms with Gasteiger partial charge in [-0.3, -0.25) is 14.9 Å². The highest BCUT2D eigenvalue weighted by Crippen LogP contribution is 2.21. The maximum absolute atomic E-state index is 12.0. The maximum Gasteiger partial charge on any atom is 0.271 e. The second-order valence-electron chi connectivity index (χ2n) is 4.23. The molecule has 2 aromatic rings. The average Bonchev–Trinajstić information content (AvgIpc) is 2.45. The molecule has 21 heavy (non-hydrogen) atoms. The molecule has 0 radical (unpaired) electrons. The monoisotopic (exact) mass is 368 g/mol. The van der Waals surface area contributed by atoms with Crippen LogP contribution in [0, 0.1) is 10.1 Å². The number of carbonyl (C=O) groups excluding carboxylic acids is 1. The Morgan fingerprint density at radius 2 is 2.00 bits per heavy atom. The topological polar surface area (TPSA) is 72.2 Å². The lowest BCUT2D eigenvalue weighted by atomic mass is 10.1. The molecule has 0 aliphatic rings. The van der Waals surface area contributed by atoms with Crippen molar-refractivity contribution in [2.24, 2.45) is 0 Å². The first-order chi connectivity index (χ1) is 9.97. The highest BCUT2D eigenvalue weighted by Gasteiger charge is 2.14. The Hall–Kier alpha value is -1.92. The zero-order valence-corrected chi connectivity index (χ0v) is 13.0. The van der Waals surface area contributed by atoms with E-state index < -0.39 is 10.8 Å². The van der Waals surface area contributed by atoms with Gasteiger partial charge in [-0.25, -0.2) is 0 Å². The molecular formula is C14H10BrClN2O3. The number of hydrogen-bond donors (Lipinski definition) is 1. The Kier molecular flexibility index (Phi) is 4.93. The normalized spacial score (nSPS) is 10.2. The summed E-state index contributed by atoms with van der Waals surface area (Å²) in [7, 11) is 0. The Labute approximate surface area is 134 Å². The lowest BCUT2D eigenvalue weighted by molar-refractivity contribution is -0.384. The van der Waals surface area contributed by atoms with Crippen molar-refractivity contribution in [3.05, 3.63) is 73.2 Å². The lowest BCUT2D eigenvalue weighted by Crippen LogP contribution is -2.23. The standard InChI is InChI=1S/C14H10BrClN2O3/c15-13-4-2-1-3-9(13)8-17-14(19)10-5-11(16)7-12(6-10)18(20)21/h1-7H,8H2,(H,17,19). The van der Waals surface area contributed by atoms with E-state index in [2.05, 4.69) is 21.2 Å². The Morgan fingerprint density at radius 3 is 2.67 bits per heavy atom. The van der Waals surface area contributed by atoms with E-state index in [1.54, 1.807) is 0 Å². The molecule has 5 nitrogen and oxygen atoms in total. The minimum atomic E-state index is -0.587. The van der Waals surface area contributed by atoms with Crippen LogP contribution in [0.15, 0.2) is 46.9 Å². The van der Waals surface area contributed by atoms with Crippen LogP contribution in [-0.4, -0.2) is 10.8 Å². The van der Waals surface area contributed by atoms with Crippen molar-refractivity contribution in [1.29, 1.82) is 0 Å². The summed E-state index contributed by atoms with van der Waals surface area (Å²) in [6, 6.07) is 11.3. The highest BCUT2D eigenvalue weighted by atomic mass is 79.9. The van der Waals surface area contributed by atoms with Gasteiger partial charge in [0.2, 0.25) is 0 Å². The number of benzene rings is 2. The largest absolute Gasteiger partial charge is 0.348 e. The quantitative estimate of drug-likeness (QED) is 0.655. The van der Waals surface area contributed by atoms with Gasteiger partial charge in [0.15, 0.2) is 0 Å². The first-order valence-corrected chi connectivity index (χ1v) is 7.11. The second kappa shape index (κ2) is 6.69. The number of amides is 1. The first-order valence-electron chi connectivity index (χ1n) is 5.94. The van der Waals surface area contributed by atoms with Crippen LogP contribution < -0.4 is 5.32 Å². The van der Waals surface area contributed by atoms with Crippen LogP contribution in [0.1, 0.15) is 15.9 Å². The number of nitrogens with zero attached hydrogens (tertiary/aromatic N) is 1. The molecular weight excluding hydrogens is 360 g/mol. The fourth-order valence-corrected chi connectivity index (χ4v) is 2.38. The molecule has 2 rings (SSSR count). The number of halogens is 2. The number of carbonyl (C=O) groups is 1. The van der Waals surface area contributed by atoms with Crippen LogP contribution >= 0.6 is 27.5 Å². The lowest BCUT2D eigenvalue weighted by Gasteiger charge is -2.07. The number of nitrogens with one attached hydrogen (secondary N) is 1. The minimum Gasteiger partial charge on any atom is -0.348 e. The van der Waals surface area contributed by atoms with Crippen molar-refractivity contribution >= 4 is 39.1 Å². The molecule has 0 aromatic heterocycles. The van der Waals surface area contributed by atoms with Gasteiger partial charge in [-0.1, -0.05) is 45.7 Å². The molecule has 1 amide bonds. The summed E-state index contributed by atoms with van der Waals surface area (Å²) in [6.45, 7) is 0.306. The fraction of sp³-hybridized carbons (Fsp3) is 0.0714. The second-order valence-corrected chi connectivity index (χ2v) is 5.52. The number of nitro groups is 1. The van der Waals surface area contributed by atoms with E-state index in [4.69, 9.17) is 11.6 Å².